The number of fused-ring (bicyclic) bond motifs is 1. The van der Waals surface area contributed by atoms with Crippen LogP contribution in [0.5, 0.6) is 5.75 Å². The minimum atomic E-state index is -1.25. The Morgan fingerprint density at radius 1 is 1.57 bits per heavy atom. The van der Waals surface area contributed by atoms with Crippen LogP contribution in [0.2, 0.25) is 0 Å². The number of hydrogen-bond acceptors (Lipinski definition) is 4. The number of ether oxygens (including phenoxy) is 2. The fourth-order valence-corrected chi connectivity index (χ4v) is 2.29. The number of nitrogens with zero attached hydrogens (tertiary/aromatic N) is 1. The summed E-state index contributed by atoms with van der Waals surface area (Å²) in [6, 6.07) is 1.28. The maximum absolute atomic E-state index is 14.1. The number of anilines is 1. The average Bonchev–Trinajstić information content (AvgIpc) is 2.87. The van der Waals surface area contributed by atoms with Gasteiger partial charge in [0.25, 0.3) is 0 Å². The zero-order chi connectivity index (χ0) is 15.6. The van der Waals surface area contributed by atoms with E-state index in [2.05, 4.69) is 6.58 Å². The topological polar surface area (TPSA) is 76.1 Å². The van der Waals surface area contributed by atoms with E-state index in [-0.39, 0.29) is 18.7 Å². The number of amides is 1. The highest BCUT2D eigenvalue weighted by atomic mass is 19.1. The van der Waals surface area contributed by atoms with Crippen molar-refractivity contribution in [1.82, 2.24) is 0 Å². The number of benzene rings is 1. The van der Waals surface area contributed by atoms with Crippen LogP contribution in [-0.2, 0) is 16.0 Å². The standard InChI is InChI=1S/C14H14FNO5/c1-3-6-21-14(19)16-10(13(17)18)7-8-11(20-2)5-4-9(15)12(8)16/h3-5,10H,1,6-7H2,2H3,(H,17,18). The Labute approximate surface area is 120 Å². The fraction of sp³-hybridized carbons (Fsp3) is 0.286. The molecule has 1 heterocycles. The lowest BCUT2D eigenvalue weighted by Gasteiger charge is -2.21. The third-order valence-electron chi connectivity index (χ3n) is 3.17. The van der Waals surface area contributed by atoms with E-state index in [0.717, 1.165) is 11.0 Å². The summed E-state index contributed by atoms with van der Waals surface area (Å²) in [4.78, 5) is 24.2. The van der Waals surface area contributed by atoms with Crippen molar-refractivity contribution < 1.29 is 28.6 Å². The fourth-order valence-electron chi connectivity index (χ4n) is 2.29. The number of methoxy groups -OCH3 is 1. The lowest BCUT2D eigenvalue weighted by atomic mass is 10.1. The molecule has 0 saturated heterocycles. The molecule has 0 spiro atoms. The van der Waals surface area contributed by atoms with Crippen LogP contribution in [0.15, 0.2) is 24.8 Å². The predicted molar refractivity (Wildman–Crippen MR) is 72.1 cm³/mol. The highest BCUT2D eigenvalue weighted by Gasteiger charge is 2.42. The van der Waals surface area contributed by atoms with Crippen LogP contribution < -0.4 is 9.64 Å². The van der Waals surface area contributed by atoms with Gasteiger partial charge in [-0.25, -0.2) is 14.0 Å². The van der Waals surface area contributed by atoms with E-state index in [0.29, 0.717) is 11.3 Å². The van der Waals surface area contributed by atoms with Gasteiger partial charge in [0.05, 0.1) is 12.8 Å². The number of aliphatic carboxylic acids is 1. The zero-order valence-corrected chi connectivity index (χ0v) is 11.3. The molecule has 1 aromatic carbocycles. The van der Waals surface area contributed by atoms with Gasteiger partial charge in [-0.1, -0.05) is 12.7 Å². The van der Waals surface area contributed by atoms with Gasteiger partial charge in [0.1, 0.15) is 24.2 Å². The quantitative estimate of drug-likeness (QED) is 0.859. The Kier molecular flexibility index (Phi) is 4.11. The monoisotopic (exact) mass is 295 g/mol. The first-order chi connectivity index (χ1) is 10.0. The van der Waals surface area contributed by atoms with Crippen LogP contribution in [0.4, 0.5) is 14.9 Å². The van der Waals surface area contributed by atoms with Crippen molar-refractivity contribution in [1.29, 1.82) is 0 Å². The molecular formula is C14H14FNO5. The molecular weight excluding hydrogens is 281 g/mol. The molecule has 0 bridgehead atoms. The first-order valence-electron chi connectivity index (χ1n) is 6.16. The Bertz CT molecular complexity index is 601. The van der Waals surface area contributed by atoms with Gasteiger partial charge in [0.15, 0.2) is 0 Å². The molecule has 0 radical (unpaired) electrons. The van der Waals surface area contributed by atoms with Crippen molar-refractivity contribution in [3.8, 4) is 5.75 Å². The summed E-state index contributed by atoms with van der Waals surface area (Å²) >= 11 is 0. The maximum atomic E-state index is 14.1. The molecule has 1 N–H and O–H groups in total. The van der Waals surface area contributed by atoms with Gasteiger partial charge in [0, 0.05) is 12.0 Å². The van der Waals surface area contributed by atoms with Crippen molar-refractivity contribution >= 4 is 17.7 Å². The van der Waals surface area contributed by atoms with Crippen molar-refractivity contribution in [3.05, 3.63) is 36.2 Å². The third-order valence-corrected chi connectivity index (χ3v) is 3.17. The minimum absolute atomic E-state index is 0.0468. The van der Waals surface area contributed by atoms with E-state index >= 15 is 0 Å². The number of hydrogen-bond donors (Lipinski definition) is 1. The Balaban J connectivity index is 2.49. The van der Waals surface area contributed by atoms with E-state index in [1.807, 2.05) is 0 Å². The molecule has 1 unspecified atom stereocenters. The molecule has 1 aliphatic heterocycles. The Morgan fingerprint density at radius 2 is 2.29 bits per heavy atom. The van der Waals surface area contributed by atoms with Gasteiger partial charge >= 0.3 is 12.1 Å². The molecule has 7 heteroatoms. The van der Waals surface area contributed by atoms with Crippen LogP contribution >= 0.6 is 0 Å². The van der Waals surface area contributed by atoms with Crippen LogP contribution in [-0.4, -0.2) is 36.9 Å². The molecule has 112 valence electrons. The summed E-state index contributed by atoms with van der Waals surface area (Å²) in [6.45, 7) is 3.30. The second-order valence-corrected chi connectivity index (χ2v) is 4.37. The van der Waals surface area contributed by atoms with Crippen LogP contribution in [0.1, 0.15) is 5.56 Å². The maximum Gasteiger partial charge on any atom is 0.415 e. The van der Waals surface area contributed by atoms with E-state index in [1.165, 1.54) is 19.3 Å². The molecule has 0 aromatic heterocycles. The second kappa shape index (κ2) is 5.82. The Hall–Kier alpha value is -2.57. The van der Waals surface area contributed by atoms with Crippen LogP contribution in [0.3, 0.4) is 0 Å². The van der Waals surface area contributed by atoms with Gasteiger partial charge < -0.3 is 14.6 Å². The van der Waals surface area contributed by atoms with E-state index in [4.69, 9.17) is 9.47 Å². The molecule has 0 fully saturated rings. The number of carboxylic acid groups (broad SMARTS) is 1. The molecule has 2 rings (SSSR count). The first kappa shape index (κ1) is 14.8. The van der Waals surface area contributed by atoms with Gasteiger partial charge in [0.2, 0.25) is 0 Å². The smallest absolute Gasteiger partial charge is 0.415 e. The number of halogens is 1. The number of rotatable bonds is 4. The normalized spacial score (nSPS) is 16.3. The molecule has 21 heavy (non-hydrogen) atoms. The highest BCUT2D eigenvalue weighted by molar-refractivity contribution is 5.99. The predicted octanol–water partition coefficient (Wildman–Crippen LogP) is 1.97. The van der Waals surface area contributed by atoms with E-state index in [1.54, 1.807) is 0 Å². The lowest BCUT2D eigenvalue weighted by molar-refractivity contribution is -0.138. The van der Waals surface area contributed by atoms with Crippen molar-refractivity contribution in [2.45, 2.75) is 12.5 Å². The summed E-state index contributed by atoms with van der Waals surface area (Å²) in [7, 11) is 1.39. The highest BCUT2D eigenvalue weighted by Crippen LogP contribution is 2.40. The first-order valence-corrected chi connectivity index (χ1v) is 6.16. The molecule has 1 amide bonds. The second-order valence-electron chi connectivity index (χ2n) is 4.37. The molecule has 1 atom stereocenters. The van der Waals surface area contributed by atoms with Crippen molar-refractivity contribution in [3.63, 3.8) is 0 Å². The van der Waals surface area contributed by atoms with Gasteiger partial charge in [-0.05, 0) is 12.1 Å². The van der Waals surface area contributed by atoms with Crippen molar-refractivity contribution in [2.24, 2.45) is 0 Å². The minimum Gasteiger partial charge on any atom is -0.496 e. The van der Waals surface area contributed by atoms with E-state index < -0.39 is 23.9 Å². The summed E-state index contributed by atoms with van der Waals surface area (Å²) in [5.41, 5.74) is 0.219. The summed E-state index contributed by atoms with van der Waals surface area (Å²) in [5, 5.41) is 9.25. The average molecular weight is 295 g/mol. The third kappa shape index (κ3) is 2.54. The molecule has 6 nitrogen and oxygen atoms in total. The summed E-state index contributed by atoms with van der Waals surface area (Å²) < 4.78 is 24.0. The zero-order valence-electron chi connectivity index (χ0n) is 11.3. The number of carboxylic acids is 1. The molecule has 0 aliphatic carbocycles. The Morgan fingerprint density at radius 3 is 2.86 bits per heavy atom. The van der Waals surface area contributed by atoms with Gasteiger partial charge in [-0.15, -0.1) is 0 Å². The van der Waals surface area contributed by atoms with Gasteiger partial charge in [-0.2, -0.15) is 0 Å². The molecule has 0 saturated carbocycles. The SMILES string of the molecule is C=CCOC(=O)N1c2c(F)ccc(OC)c2CC1C(=O)O. The van der Waals surface area contributed by atoms with Crippen molar-refractivity contribution in [2.75, 3.05) is 18.6 Å². The van der Waals surface area contributed by atoms with Crippen LogP contribution in [0, 0.1) is 5.82 Å². The van der Waals surface area contributed by atoms with Crippen LogP contribution in [0.25, 0.3) is 0 Å². The number of carbonyl (C=O) groups excluding carboxylic acids is 1. The van der Waals surface area contributed by atoms with Gasteiger partial charge in [-0.3, -0.25) is 4.90 Å². The largest absolute Gasteiger partial charge is 0.496 e. The summed E-state index contributed by atoms with van der Waals surface area (Å²) in [6.07, 6.45) is 0.356. The molecule has 1 aromatic rings. The lowest BCUT2D eigenvalue weighted by Crippen LogP contribution is -2.43. The molecule has 1 aliphatic rings. The number of carbonyl (C=O) groups is 2. The summed E-state index contributed by atoms with van der Waals surface area (Å²) in [5.74, 6) is -1.62. The van der Waals surface area contributed by atoms with E-state index in [9.17, 15) is 19.1 Å².